The molecule has 186 valence electrons. The molecule has 10 heteroatoms. The summed E-state index contributed by atoms with van der Waals surface area (Å²) in [4.78, 5) is 24.4. The number of carbonyl (C=O) groups is 2. The molecule has 2 aromatic carbocycles. The summed E-state index contributed by atoms with van der Waals surface area (Å²) in [6, 6.07) is 7.24. The highest BCUT2D eigenvalue weighted by atomic mass is 16.7. The average Bonchev–Trinajstić information content (AvgIpc) is 3.54. The highest BCUT2D eigenvalue weighted by Gasteiger charge is 2.46. The van der Waals surface area contributed by atoms with Gasteiger partial charge in [0.05, 0.1) is 21.3 Å². The van der Waals surface area contributed by atoms with Crippen LogP contribution in [0.1, 0.15) is 39.3 Å². The number of esters is 1. The van der Waals surface area contributed by atoms with Gasteiger partial charge in [-0.1, -0.05) is 18.7 Å². The lowest BCUT2D eigenvalue weighted by atomic mass is 9.94. The van der Waals surface area contributed by atoms with E-state index in [0.717, 1.165) is 11.1 Å². The molecule has 2 atom stereocenters. The summed E-state index contributed by atoms with van der Waals surface area (Å²) in [6.45, 7) is 4.11. The zero-order valence-electron chi connectivity index (χ0n) is 19.8. The molecule has 0 bridgehead atoms. The number of alkyl carbamates (subject to hydrolysis) is 1. The predicted octanol–water partition coefficient (Wildman–Crippen LogP) is 3.49. The Labute approximate surface area is 202 Å². The van der Waals surface area contributed by atoms with Gasteiger partial charge in [0.2, 0.25) is 6.79 Å². The number of ether oxygens (including phenoxy) is 7. The molecular weight excluding hydrogens is 458 g/mol. The fraction of sp³-hybridized carbons (Fsp3) is 0.360. The summed E-state index contributed by atoms with van der Waals surface area (Å²) in [6.07, 6.45) is 0.692. The van der Waals surface area contributed by atoms with Crippen LogP contribution in [0.5, 0.6) is 23.0 Å². The maximum Gasteiger partial charge on any atom is 0.407 e. The van der Waals surface area contributed by atoms with Gasteiger partial charge in [-0.25, -0.2) is 9.59 Å². The van der Waals surface area contributed by atoms with E-state index in [0.29, 0.717) is 35.8 Å². The van der Waals surface area contributed by atoms with Gasteiger partial charge < -0.3 is 38.5 Å². The Balaban J connectivity index is 1.61. The second-order valence-electron chi connectivity index (χ2n) is 7.70. The summed E-state index contributed by atoms with van der Waals surface area (Å²) >= 11 is 0. The zero-order valence-corrected chi connectivity index (χ0v) is 19.8. The second kappa shape index (κ2) is 10.6. The van der Waals surface area contributed by atoms with Gasteiger partial charge in [0, 0.05) is 12.1 Å². The smallest absolute Gasteiger partial charge is 0.407 e. The number of hydrogen-bond acceptors (Lipinski definition) is 9. The molecule has 2 aliphatic heterocycles. The van der Waals surface area contributed by atoms with Crippen LogP contribution in [0.25, 0.3) is 0 Å². The lowest BCUT2D eigenvalue weighted by molar-refractivity contribution is 0.0594. The Kier molecular flexibility index (Phi) is 7.31. The van der Waals surface area contributed by atoms with Crippen LogP contribution in [0.2, 0.25) is 0 Å². The standard InChI is InChI=1S/C25H27NO9/c1-5-10-32-25(28)26-9-8-14-11-18-19(34-13-33-18)12-16(14)22-21(35-22)15-6-7-17(29-2)23(30-3)20(15)24(27)31-4/h5-7,11-12,21-22H,1,8-10,13H2,2-4H3,(H,26,28)/t21-,22-/m1/s1. The molecular formula is C25H27NO9. The van der Waals surface area contributed by atoms with Gasteiger partial charge in [-0.3, -0.25) is 0 Å². The molecule has 2 aromatic rings. The Morgan fingerprint density at radius 1 is 1.09 bits per heavy atom. The van der Waals surface area contributed by atoms with Crippen LogP contribution in [0.4, 0.5) is 4.79 Å². The summed E-state index contributed by atoms with van der Waals surface area (Å²) in [5.41, 5.74) is 2.64. The molecule has 2 heterocycles. The fourth-order valence-electron chi connectivity index (χ4n) is 4.04. The van der Waals surface area contributed by atoms with Crippen molar-refractivity contribution in [2.75, 3.05) is 41.3 Å². The highest BCUT2D eigenvalue weighted by molar-refractivity contribution is 5.95. The average molecular weight is 485 g/mol. The number of amides is 1. The van der Waals surface area contributed by atoms with Crippen molar-refractivity contribution in [2.45, 2.75) is 18.6 Å². The molecule has 1 N–H and O–H groups in total. The van der Waals surface area contributed by atoms with Crippen molar-refractivity contribution in [3.63, 3.8) is 0 Å². The summed E-state index contributed by atoms with van der Waals surface area (Å²) in [5.74, 6) is 1.36. The predicted molar refractivity (Wildman–Crippen MR) is 123 cm³/mol. The van der Waals surface area contributed by atoms with Crippen molar-refractivity contribution in [1.29, 1.82) is 0 Å². The third-order valence-corrected chi connectivity index (χ3v) is 5.70. The van der Waals surface area contributed by atoms with E-state index in [9.17, 15) is 9.59 Å². The van der Waals surface area contributed by atoms with E-state index in [1.165, 1.54) is 27.4 Å². The Bertz CT molecular complexity index is 1130. The monoisotopic (exact) mass is 485 g/mol. The van der Waals surface area contributed by atoms with Gasteiger partial charge in [0.1, 0.15) is 24.4 Å². The maximum atomic E-state index is 12.6. The summed E-state index contributed by atoms with van der Waals surface area (Å²) < 4.78 is 37.9. The first-order chi connectivity index (χ1) is 17.0. The van der Waals surface area contributed by atoms with Crippen LogP contribution >= 0.6 is 0 Å². The lowest BCUT2D eigenvalue weighted by Gasteiger charge is -2.15. The topological polar surface area (TPSA) is 114 Å². The number of rotatable bonds is 10. The Morgan fingerprint density at radius 2 is 1.83 bits per heavy atom. The molecule has 0 spiro atoms. The lowest BCUT2D eigenvalue weighted by Crippen LogP contribution is -2.26. The van der Waals surface area contributed by atoms with Crippen LogP contribution in [0, 0.1) is 0 Å². The molecule has 2 aliphatic rings. The SMILES string of the molecule is C=CCOC(=O)NCCc1cc2c(cc1[C@H]1O[C@@H]1c1ccc(OC)c(OC)c1C(=O)OC)OCO2. The molecule has 0 radical (unpaired) electrons. The molecule has 35 heavy (non-hydrogen) atoms. The minimum Gasteiger partial charge on any atom is -0.493 e. The van der Waals surface area contributed by atoms with Gasteiger partial charge in [0.15, 0.2) is 23.0 Å². The molecule has 10 nitrogen and oxygen atoms in total. The van der Waals surface area contributed by atoms with E-state index in [-0.39, 0.29) is 30.8 Å². The zero-order chi connectivity index (χ0) is 24.9. The Morgan fingerprint density at radius 3 is 2.51 bits per heavy atom. The maximum absolute atomic E-state index is 12.6. The van der Waals surface area contributed by atoms with Crippen LogP contribution < -0.4 is 24.3 Å². The van der Waals surface area contributed by atoms with E-state index in [4.69, 9.17) is 33.2 Å². The van der Waals surface area contributed by atoms with E-state index >= 15 is 0 Å². The molecule has 1 amide bonds. The van der Waals surface area contributed by atoms with Gasteiger partial charge in [-0.15, -0.1) is 0 Å². The second-order valence-corrected chi connectivity index (χ2v) is 7.70. The fourth-order valence-corrected chi connectivity index (χ4v) is 4.04. The third kappa shape index (κ3) is 4.97. The van der Waals surface area contributed by atoms with Gasteiger partial charge in [-0.2, -0.15) is 0 Å². The Hall–Kier alpha value is -3.92. The van der Waals surface area contributed by atoms with E-state index in [1.807, 2.05) is 12.1 Å². The van der Waals surface area contributed by atoms with E-state index in [2.05, 4.69) is 11.9 Å². The first-order valence-corrected chi connectivity index (χ1v) is 10.9. The summed E-state index contributed by atoms with van der Waals surface area (Å²) in [7, 11) is 4.26. The molecule has 0 saturated carbocycles. The molecule has 0 aliphatic carbocycles. The van der Waals surface area contributed by atoms with Gasteiger partial charge >= 0.3 is 12.1 Å². The third-order valence-electron chi connectivity index (χ3n) is 5.70. The minimum atomic E-state index is -0.557. The van der Waals surface area contributed by atoms with Crippen LogP contribution in [0.3, 0.4) is 0 Å². The first-order valence-electron chi connectivity index (χ1n) is 10.9. The van der Waals surface area contributed by atoms with Crippen molar-refractivity contribution in [3.8, 4) is 23.0 Å². The number of hydrogen-bond donors (Lipinski definition) is 1. The largest absolute Gasteiger partial charge is 0.493 e. The quantitative estimate of drug-likeness (QED) is 0.307. The molecule has 0 aromatic heterocycles. The van der Waals surface area contributed by atoms with Crippen molar-refractivity contribution in [2.24, 2.45) is 0 Å². The minimum absolute atomic E-state index is 0.126. The first kappa shape index (κ1) is 24.2. The molecule has 1 fully saturated rings. The molecule has 0 unspecified atom stereocenters. The van der Waals surface area contributed by atoms with Crippen LogP contribution in [0.15, 0.2) is 36.9 Å². The van der Waals surface area contributed by atoms with Crippen molar-refractivity contribution < 1.29 is 42.7 Å². The van der Waals surface area contributed by atoms with Crippen LogP contribution in [-0.2, 0) is 20.6 Å². The number of epoxide rings is 1. The van der Waals surface area contributed by atoms with E-state index < -0.39 is 18.2 Å². The van der Waals surface area contributed by atoms with Crippen LogP contribution in [-0.4, -0.2) is 53.3 Å². The van der Waals surface area contributed by atoms with Crippen molar-refractivity contribution >= 4 is 12.1 Å². The molecule has 1 saturated heterocycles. The van der Waals surface area contributed by atoms with Crippen molar-refractivity contribution in [3.05, 3.63) is 59.2 Å². The van der Waals surface area contributed by atoms with Gasteiger partial charge in [-0.05, 0) is 35.7 Å². The normalized spacial score (nSPS) is 17.3. The number of benzene rings is 2. The molecule has 4 rings (SSSR count). The van der Waals surface area contributed by atoms with Gasteiger partial charge in [0.25, 0.3) is 0 Å². The highest BCUT2D eigenvalue weighted by Crippen LogP contribution is 2.56. The number of fused-ring (bicyclic) bond motifs is 1. The van der Waals surface area contributed by atoms with Crippen molar-refractivity contribution in [1.82, 2.24) is 5.32 Å². The number of nitrogens with one attached hydrogen (secondary N) is 1. The van der Waals surface area contributed by atoms with E-state index in [1.54, 1.807) is 12.1 Å². The number of methoxy groups -OCH3 is 3. The number of carbonyl (C=O) groups excluding carboxylic acids is 2. The summed E-state index contributed by atoms with van der Waals surface area (Å²) in [5, 5.41) is 2.71.